The molecule has 1 N–H and O–H groups in total. The minimum atomic E-state index is -0.857. The second-order valence-corrected chi connectivity index (χ2v) is 3.20. The summed E-state index contributed by atoms with van der Waals surface area (Å²) < 4.78 is 26.4. The Balaban J connectivity index is 3.16. The van der Waals surface area contributed by atoms with Crippen molar-refractivity contribution in [1.29, 1.82) is 0 Å². The first kappa shape index (κ1) is 12.3. The molecule has 0 saturated heterocycles. The van der Waals surface area contributed by atoms with E-state index in [2.05, 4.69) is 17.2 Å². The molecule has 0 heterocycles. The van der Waals surface area contributed by atoms with Crippen molar-refractivity contribution in [3.8, 4) is 11.8 Å². The third-order valence-corrected chi connectivity index (χ3v) is 1.92. The summed E-state index contributed by atoms with van der Waals surface area (Å²) in [5, 5.41) is 2.77. The van der Waals surface area contributed by atoms with Crippen LogP contribution in [-0.4, -0.2) is 19.4 Å². The highest BCUT2D eigenvalue weighted by molar-refractivity contribution is 5.94. The standard InChI is InChI=1S/C12H11F2NO/c1-8(16)10-6-9(4-3-5-15-2)11(13)7-12(10)14/h6-7,15H,5H2,1-2H3. The van der Waals surface area contributed by atoms with Crippen LogP contribution in [0.5, 0.6) is 0 Å². The van der Waals surface area contributed by atoms with Crippen molar-refractivity contribution in [2.75, 3.05) is 13.6 Å². The molecule has 1 aromatic carbocycles. The molecule has 0 saturated carbocycles. The third-order valence-electron chi connectivity index (χ3n) is 1.92. The van der Waals surface area contributed by atoms with Crippen molar-refractivity contribution >= 4 is 5.78 Å². The van der Waals surface area contributed by atoms with Crippen LogP contribution >= 0.6 is 0 Å². The van der Waals surface area contributed by atoms with Crippen LogP contribution in [0, 0.1) is 23.5 Å². The van der Waals surface area contributed by atoms with E-state index in [1.165, 1.54) is 6.92 Å². The number of halogens is 2. The third kappa shape index (κ3) is 2.88. The van der Waals surface area contributed by atoms with E-state index >= 15 is 0 Å². The van der Waals surface area contributed by atoms with E-state index in [4.69, 9.17) is 0 Å². The van der Waals surface area contributed by atoms with E-state index in [0.717, 1.165) is 6.07 Å². The van der Waals surface area contributed by atoms with Gasteiger partial charge in [-0.2, -0.15) is 0 Å². The number of rotatable bonds is 2. The van der Waals surface area contributed by atoms with Gasteiger partial charge in [0.1, 0.15) is 11.6 Å². The molecule has 1 aromatic rings. The van der Waals surface area contributed by atoms with Crippen molar-refractivity contribution in [3.63, 3.8) is 0 Å². The quantitative estimate of drug-likeness (QED) is 0.611. The predicted octanol–water partition coefficient (Wildman–Crippen LogP) is 1.74. The van der Waals surface area contributed by atoms with Gasteiger partial charge in [0.2, 0.25) is 0 Å². The first-order valence-electron chi connectivity index (χ1n) is 4.69. The molecular formula is C12H11F2NO. The fraction of sp³-hybridized carbons (Fsp3) is 0.250. The van der Waals surface area contributed by atoms with Gasteiger partial charge in [-0.15, -0.1) is 0 Å². The maximum atomic E-state index is 13.2. The number of carbonyl (C=O) groups is 1. The summed E-state index contributed by atoms with van der Waals surface area (Å²) in [5.41, 5.74) is -0.114. The SMILES string of the molecule is CNCC#Cc1cc(C(C)=O)c(F)cc1F. The van der Waals surface area contributed by atoms with Gasteiger partial charge in [0.25, 0.3) is 0 Å². The van der Waals surface area contributed by atoms with Crippen LogP contribution in [0.3, 0.4) is 0 Å². The number of ketones is 1. The Morgan fingerprint density at radius 3 is 2.62 bits per heavy atom. The van der Waals surface area contributed by atoms with Gasteiger partial charge in [0, 0.05) is 6.07 Å². The molecule has 4 heteroatoms. The lowest BCUT2D eigenvalue weighted by Crippen LogP contribution is -2.05. The van der Waals surface area contributed by atoms with Crippen LogP contribution < -0.4 is 5.32 Å². The largest absolute Gasteiger partial charge is 0.309 e. The molecule has 84 valence electrons. The van der Waals surface area contributed by atoms with Gasteiger partial charge in [0.15, 0.2) is 5.78 Å². The second kappa shape index (κ2) is 5.38. The van der Waals surface area contributed by atoms with Crippen molar-refractivity contribution in [2.45, 2.75) is 6.92 Å². The lowest BCUT2D eigenvalue weighted by molar-refractivity contribution is 0.101. The Morgan fingerprint density at radius 2 is 2.06 bits per heavy atom. The maximum Gasteiger partial charge on any atom is 0.162 e. The smallest absolute Gasteiger partial charge is 0.162 e. The fourth-order valence-corrected chi connectivity index (χ4v) is 1.14. The highest BCUT2D eigenvalue weighted by Gasteiger charge is 2.11. The van der Waals surface area contributed by atoms with E-state index in [0.29, 0.717) is 12.6 Å². The molecule has 1 rings (SSSR count). The van der Waals surface area contributed by atoms with Gasteiger partial charge >= 0.3 is 0 Å². The van der Waals surface area contributed by atoms with Crippen LogP contribution in [-0.2, 0) is 0 Å². The molecule has 2 nitrogen and oxygen atoms in total. The summed E-state index contributed by atoms with van der Waals surface area (Å²) in [6.07, 6.45) is 0. The van der Waals surface area contributed by atoms with Crippen LogP contribution in [0.25, 0.3) is 0 Å². The van der Waals surface area contributed by atoms with Crippen molar-refractivity contribution in [2.24, 2.45) is 0 Å². The summed E-state index contributed by atoms with van der Waals surface area (Å²) in [7, 11) is 1.71. The molecule has 0 spiro atoms. The molecule has 0 aliphatic carbocycles. The van der Waals surface area contributed by atoms with Crippen molar-refractivity contribution < 1.29 is 13.6 Å². The minimum Gasteiger partial charge on any atom is -0.309 e. The number of carbonyl (C=O) groups excluding carboxylic acids is 1. The number of benzene rings is 1. The van der Waals surface area contributed by atoms with Gasteiger partial charge < -0.3 is 5.32 Å². The van der Waals surface area contributed by atoms with Gasteiger partial charge in [0.05, 0.1) is 17.7 Å². The molecule has 0 aliphatic heterocycles. The van der Waals surface area contributed by atoms with Gasteiger partial charge in [-0.3, -0.25) is 4.79 Å². The van der Waals surface area contributed by atoms with Crippen LogP contribution in [0.2, 0.25) is 0 Å². The Hall–Kier alpha value is -1.73. The number of Topliss-reactive ketones (excluding diaryl/α,β-unsaturated/α-hetero) is 1. The monoisotopic (exact) mass is 223 g/mol. The van der Waals surface area contributed by atoms with Gasteiger partial charge in [-0.05, 0) is 20.0 Å². The molecule has 0 bridgehead atoms. The summed E-state index contributed by atoms with van der Waals surface area (Å²) in [6.45, 7) is 1.62. The Kier molecular flexibility index (Phi) is 4.15. The minimum absolute atomic E-state index is 0.0295. The number of hydrogen-bond donors (Lipinski definition) is 1. The molecule has 16 heavy (non-hydrogen) atoms. The molecule has 0 fully saturated rings. The van der Waals surface area contributed by atoms with Crippen molar-refractivity contribution in [1.82, 2.24) is 5.32 Å². The van der Waals surface area contributed by atoms with Gasteiger partial charge in [-0.25, -0.2) is 8.78 Å². The fourth-order valence-electron chi connectivity index (χ4n) is 1.14. The normalized spacial score (nSPS) is 9.50. The zero-order valence-corrected chi connectivity index (χ0v) is 9.03. The Bertz CT molecular complexity index is 472. The zero-order valence-electron chi connectivity index (χ0n) is 9.03. The lowest BCUT2D eigenvalue weighted by Gasteiger charge is -2.00. The summed E-state index contributed by atoms with van der Waals surface area (Å²) >= 11 is 0. The Labute approximate surface area is 92.7 Å². The maximum absolute atomic E-state index is 13.2. The topological polar surface area (TPSA) is 29.1 Å². The average Bonchev–Trinajstić information content (AvgIpc) is 2.21. The summed E-state index contributed by atoms with van der Waals surface area (Å²) in [4.78, 5) is 11.0. The second-order valence-electron chi connectivity index (χ2n) is 3.20. The Morgan fingerprint density at radius 1 is 1.38 bits per heavy atom. The lowest BCUT2D eigenvalue weighted by atomic mass is 10.1. The molecule has 0 atom stereocenters. The highest BCUT2D eigenvalue weighted by atomic mass is 19.1. The molecule has 0 radical (unpaired) electrons. The zero-order chi connectivity index (χ0) is 12.1. The first-order chi connectivity index (χ1) is 7.56. The van der Waals surface area contributed by atoms with E-state index in [-0.39, 0.29) is 11.1 Å². The van der Waals surface area contributed by atoms with Crippen molar-refractivity contribution in [3.05, 3.63) is 34.9 Å². The van der Waals surface area contributed by atoms with Crippen LogP contribution in [0.4, 0.5) is 8.78 Å². The molecule has 0 unspecified atom stereocenters. The molecule has 0 amide bonds. The van der Waals surface area contributed by atoms with E-state index < -0.39 is 17.4 Å². The number of hydrogen-bond acceptors (Lipinski definition) is 2. The summed E-state index contributed by atoms with van der Waals surface area (Å²) in [6, 6.07) is 1.82. The average molecular weight is 223 g/mol. The van der Waals surface area contributed by atoms with E-state index in [1.807, 2.05) is 0 Å². The van der Waals surface area contributed by atoms with Gasteiger partial charge in [-0.1, -0.05) is 11.8 Å². The predicted molar refractivity (Wildman–Crippen MR) is 57.2 cm³/mol. The molecule has 0 aliphatic rings. The molecular weight excluding hydrogens is 212 g/mol. The first-order valence-corrected chi connectivity index (χ1v) is 4.69. The van der Waals surface area contributed by atoms with E-state index in [9.17, 15) is 13.6 Å². The van der Waals surface area contributed by atoms with E-state index in [1.54, 1.807) is 7.05 Å². The van der Waals surface area contributed by atoms with Crippen LogP contribution in [0.15, 0.2) is 12.1 Å². The van der Waals surface area contributed by atoms with Crippen LogP contribution in [0.1, 0.15) is 22.8 Å². The molecule has 0 aromatic heterocycles. The summed E-state index contributed by atoms with van der Waals surface area (Å²) in [5.74, 6) is 3.11. The number of nitrogens with one attached hydrogen (secondary N) is 1. The highest BCUT2D eigenvalue weighted by Crippen LogP contribution is 2.14.